The fourth-order valence-electron chi connectivity index (χ4n) is 13.8. The van der Waals surface area contributed by atoms with E-state index in [0.29, 0.717) is 120 Å². The first-order valence-corrected chi connectivity index (χ1v) is 39.2. The molecule has 0 saturated heterocycles. The SMILES string of the molecule is CCn1c(=O)c(C(=O)NCCc2ccccc2)c(O)c2ccc(Cl)cc21.CCn1c(=O)c2c(=O)n(CCc3ccccc3)c(=O)oc2c2ccc(Cl)cc21.Nc1ccccc1Sc1c(O)c2c(=O)n(-c3ccccc3)c3ccccc3c2oc1=O.O=c1oc2c(c(O)c1Sc1cccc(C(F)(F)F)c1)c(=O)n(-c1ccccc1)c1ccccc21. The van der Waals surface area contributed by atoms with Gasteiger partial charge in [0.2, 0.25) is 0 Å². The Morgan fingerprint density at radius 1 is 0.445 bits per heavy atom. The fourth-order valence-corrected chi connectivity index (χ4v) is 15.9. The highest BCUT2D eigenvalue weighted by Gasteiger charge is 2.32. The summed E-state index contributed by atoms with van der Waals surface area (Å²) in [6.07, 6.45) is -3.46. The Kier molecular flexibility index (Phi) is 24.0. The molecule has 0 radical (unpaired) electrons. The van der Waals surface area contributed by atoms with Crippen LogP contribution in [0.5, 0.6) is 17.2 Å². The molecule has 1 amide bonds. The van der Waals surface area contributed by atoms with E-state index in [0.717, 1.165) is 39.6 Å². The summed E-state index contributed by atoms with van der Waals surface area (Å²) >= 11 is 13.6. The minimum Gasteiger partial charge on any atom is -0.506 e. The number of halogens is 5. The van der Waals surface area contributed by atoms with Gasteiger partial charge in [-0.05, 0) is 153 Å². The van der Waals surface area contributed by atoms with Crippen molar-refractivity contribution >= 4 is 135 Å². The van der Waals surface area contributed by atoms with Crippen LogP contribution < -0.4 is 55.9 Å². The molecule has 7 aromatic heterocycles. The molecule has 0 spiro atoms. The number of nitrogens with zero attached hydrogens (tertiary/aromatic N) is 5. The van der Waals surface area contributed by atoms with Crippen molar-refractivity contribution in [3.63, 3.8) is 0 Å². The number of amides is 1. The lowest BCUT2D eigenvalue weighted by molar-refractivity contribution is -0.137. The number of carbonyl (C=O) groups is 1. The van der Waals surface area contributed by atoms with E-state index in [1.807, 2.05) is 78.9 Å². The second kappa shape index (κ2) is 34.9. The highest BCUT2D eigenvalue weighted by atomic mass is 35.5. The van der Waals surface area contributed by atoms with Gasteiger partial charge in [0.05, 0.1) is 27.6 Å². The quantitative estimate of drug-likeness (QED) is 0.0470. The monoisotopic (exact) mass is 1680 g/mol. The lowest BCUT2D eigenvalue weighted by Gasteiger charge is -2.14. The van der Waals surface area contributed by atoms with E-state index >= 15 is 0 Å². The van der Waals surface area contributed by atoms with Crippen LogP contribution in [0.2, 0.25) is 10.0 Å². The van der Waals surface area contributed by atoms with Gasteiger partial charge in [-0.25, -0.2) is 19.0 Å². The summed E-state index contributed by atoms with van der Waals surface area (Å²) in [6, 6.07) is 71.9. The molecule has 0 aliphatic carbocycles. The maximum absolute atomic E-state index is 13.6. The third-order valence-corrected chi connectivity index (χ3v) is 22.1. The predicted molar refractivity (Wildman–Crippen MR) is 457 cm³/mol. The molecular weight excluding hydrogens is 1610 g/mol. The molecule has 6 N–H and O–H groups in total. The Labute approximate surface area is 688 Å². The lowest BCUT2D eigenvalue weighted by Crippen LogP contribution is -2.37. The van der Waals surface area contributed by atoms with Gasteiger partial charge in [0.25, 0.3) is 33.7 Å². The number of nitrogens with two attached hydrogens (primary N) is 1. The summed E-state index contributed by atoms with van der Waals surface area (Å²) in [7, 11) is 0. The zero-order valence-electron chi connectivity index (χ0n) is 62.8. The van der Waals surface area contributed by atoms with Gasteiger partial charge in [-0.1, -0.05) is 186 Å². The molecular formula is C90H66Cl2F3N7O15S2. The van der Waals surface area contributed by atoms with Gasteiger partial charge in [0, 0.05) is 84.6 Å². The summed E-state index contributed by atoms with van der Waals surface area (Å²) in [5.41, 5.74) is 6.08. The Bertz CT molecular complexity index is 7370. The second-order valence-corrected chi connectivity index (χ2v) is 29.7. The first-order valence-electron chi connectivity index (χ1n) is 36.8. The molecule has 0 aliphatic heterocycles. The number of hydrogen-bond donors (Lipinski definition) is 5. The lowest BCUT2D eigenvalue weighted by atomic mass is 10.1. The summed E-state index contributed by atoms with van der Waals surface area (Å²) in [4.78, 5) is 117. The molecule has 0 unspecified atom stereocenters. The van der Waals surface area contributed by atoms with Crippen LogP contribution in [0.3, 0.4) is 0 Å². The van der Waals surface area contributed by atoms with Crippen molar-refractivity contribution < 1.29 is 46.5 Å². The third kappa shape index (κ3) is 16.6. The number of aromatic hydroxyl groups is 3. The minimum absolute atomic E-state index is 0.00678. The largest absolute Gasteiger partial charge is 0.506 e. The number of anilines is 1. The first kappa shape index (κ1) is 81.7. The van der Waals surface area contributed by atoms with Crippen molar-refractivity contribution in [1.82, 2.24) is 28.2 Å². The smallest absolute Gasteiger partial charge is 0.422 e. The Balaban J connectivity index is 0.000000131. The number of para-hydroxylation sites is 5. The predicted octanol–water partition coefficient (Wildman–Crippen LogP) is 17.0. The average molecular weight is 1680 g/mol. The fraction of sp³-hybridized carbons (Fsp3) is 0.100. The molecule has 0 aliphatic rings. The van der Waals surface area contributed by atoms with E-state index in [9.17, 15) is 71.6 Å². The number of fused-ring (bicyclic) bond motifs is 10. The van der Waals surface area contributed by atoms with Crippen molar-refractivity contribution in [2.45, 2.75) is 72.1 Å². The van der Waals surface area contributed by atoms with E-state index in [-0.39, 0.29) is 65.5 Å². The summed E-state index contributed by atoms with van der Waals surface area (Å²) < 4.78 is 62.6. The van der Waals surface area contributed by atoms with Gasteiger partial charge in [-0.2, -0.15) is 13.2 Å². The zero-order chi connectivity index (χ0) is 84.1. The number of aromatic nitrogens is 5. The molecule has 22 nitrogen and oxygen atoms in total. The molecule has 0 fully saturated rings. The Morgan fingerprint density at radius 2 is 0.891 bits per heavy atom. The van der Waals surface area contributed by atoms with E-state index in [1.54, 1.807) is 166 Å². The normalized spacial score (nSPS) is 11.4. The number of pyridine rings is 4. The van der Waals surface area contributed by atoms with Crippen molar-refractivity contribution in [2.24, 2.45) is 0 Å². The van der Waals surface area contributed by atoms with E-state index in [2.05, 4.69) is 5.32 Å². The summed E-state index contributed by atoms with van der Waals surface area (Å²) in [6.45, 7) is 4.82. The van der Waals surface area contributed by atoms with Crippen LogP contribution >= 0.6 is 46.7 Å². The van der Waals surface area contributed by atoms with Crippen molar-refractivity contribution in [2.75, 3.05) is 12.3 Å². The molecule has 0 bridgehead atoms. The van der Waals surface area contributed by atoms with E-state index < -0.39 is 73.9 Å². The third-order valence-electron chi connectivity index (χ3n) is 19.4. The Morgan fingerprint density at radius 3 is 1.42 bits per heavy atom. The highest BCUT2D eigenvalue weighted by Crippen LogP contribution is 2.42. The van der Waals surface area contributed by atoms with Gasteiger partial charge in [-0.15, -0.1) is 0 Å². The van der Waals surface area contributed by atoms with E-state index in [1.165, 1.54) is 30.4 Å². The van der Waals surface area contributed by atoms with Crippen LogP contribution in [-0.4, -0.2) is 50.6 Å². The topological polar surface area (TPSA) is 316 Å². The van der Waals surface area contributed by atoms with Crippen molar-refractivity contribution in [3.8, 4) is 28.6 Å². The number of nitrogen functional groups attached to an aromatic ring is 1. The van der Waals surface area contributed by atoms with Crippen LogP contribution in [0.15, 0.2) is 326 Å². The molecule has 0 atom stereocenters. The molecule has 598 valence electrons. The van der Waals surface area contributed by atoms with Crippen LogP contribution in [0.4, 0.5) is 18.9 Å². The number of benzene rings is 10. The molecule has 0 saturated carbocycles. The highest BCUT2D eigenvalue weighted by molar-refractivity contribution is 7.99. The van der Waals surface area contributed by atoms with Crippen LogP contribution in [-0.2, 0) is 38.7 Å². The molecule has 10 aromatic carbocycles. The molecule has 29 heteroatoms. The maximum Gasteiger partial charge on any atom is 0.422 e. The van der Waals surface area contributed by atoms with Crippen LogP contribution in [0.1, 0.15) is 40.9 Å². The zero-order valence-corrected chi connectivity index (χ0v) is 65.9. The number of nitrogens with one attached hydrogen (secondary N) is 1. The van der Waals surface area contributed by atoms with Gasteiger partial charge < -0.3 is 48.8 Å². The van der Waals surface area contributed by atoms with Gasteiger partial charge in [0.15, 0.2) is 28.2 Å². The summed E-state index contributed by atoms with van der Waals surface area (Å²) in [5, 5.41) is 37.7. The number of aryl methyl sites for hydroxylation is 3. The standard InChI is InChI=1S/C25H14F3NO4S.C24H16N2O4S.C21H17ClN2O4.C20H19ClN2O3/c26-25(27,28)14-7-6-10-16(13-14)34-22-20(30)19-21(33-24(22)32)17-11-4-5-12-18(17)29(23(19)31)15-8-2-1-3-9-15;25-16-11-5-7-13-18(16)31-22-20(27)19-21(30-24(22)29)15-10-4-6-12-17(15)26(23(19)28)14-8-2-1-3-9-14;1-2-23-16-12-14(22)8-9-15(16)18-17(19(23)25)20(26)24(21(27)28-18)11-10-13-6-4-3-5-7-13;1-2-23-16-12-14(21)8-9-15(16)18(24)17(20(23)26)19(25)22-11-10-13-6-4-3-5-7-13/h1-13,30H;1-13,27H,25H2;3-9,12H,2,10-11H2,1H3;3-9,12,24H,2,10-11H2,1H3,(H,22,25). The van der Waals surface area contributed by atoms with Crippen LogP contribution in [0.25, 0.3) is 87.9 Å². The molecule has 17 aromatic rings. The average Bonchev–Trinajstić information content (AvgIpc) is 0.742. The van der Waals surface area contributed by atoms with Crippen molar-refractivity contribution in [3.05, 3.63) is 370 Å². The van der Waals surface area contributed by atoms with Gasteiger partial charge in [-0.3, -0.25) is 37.9 Å². The number of carbonyl (C=O) groups excluding carboxylic acids is 1. The number of alkyl halides is 3. The van der Waals surface area contributed by atoms with Crippen molar-refractivity contribution in [1.29, 1.82) is 0 Å². The summed E-state index contributed by atoms with van der Waals surface area (Å²) in [5.74, 6) is -2.74. The maximum atomic E-state index is 13.6. The van der Waals surface area contributed by atoms with Crippen LogP contribution in [0, 0.1) is 0 Å². The number of hydrogen-bond acceptors (Lipinski definition) is 18. The second-order valence-electron chi connectivity index (χ2n) is 26.7. The van der Waals surface area contributed by atoms with Gasteiger partial charge >= 0.3 is 23.2 Å². The first-order chi connectivity index (χ1) is 57.3. The Hall–Kier alpha value is -13.9. The number of rotatable bonds is 15. The van der Waals surface area contributed by atoms with Gasteiger partial charge in [0.1, 0.15) is 37.3 Å². The molecule has 119 heavy (non-hydrogen) atoms. The van der Waals surface area contributed by atoms with E-state index in [4.69, 9.17) is 42.2 Å². The molecule has 7 heterocycles. The minimum atomic E-state index is -4.57. The molecule has 17 rings (SSSR count).